The molecule has 3 heteroatoms. The number of nitrogens with zero attached hydrogens (tertiary/aromatic N) is 1. The fraction of sp³-hybridized carbons (Fsp3) is 0.0169. The van der Waals surface area contributed by atoms with Crippen molar-refractivity contribution in [2.75, 3.05) is 4.90 Å². The van der Waals surface area contributed by atoms with Crippen LogP contribution in [0, 0.1) is 0 Å². The zero-order valence-electron chi connectivity index (χ0n) is 33.7. The summed E-state index contributed by atoms with van der Waals surface area (Å²) in [6.07, 6.45) is 0. The van der Waals surface area contributed by atoms with Gasteiger partial charge in [0.2, 0.25) is 0 Å². The van der Waals surface area contributed by atoms with E-state index in [-0.39, 0.29) is 0 Å². The summed E-state index contributed by atoms with van der Waals surface area (Å²) in [5, 5.41) is 7.67. The largest absolute Gasteiger partial charge is 0.354 e. The average molecular weight is 807 g/mol. The number of aromatic amines is 1. The number of H-pyrrole nitrogens is 1. The summed E-state index contributed by atoms with van der Waals surface area (Å²) in [5.74, 6) is 0. The van der Waals surface area contributed by atoms with Crippen molar-refractivity contribution in [2.45, 2.75) is 5.41 Å². The zero-order chi connectivity index (χ0) is 40.8. The molecule has 12 aromatic rings. The molecule has 1 N–H and O–H groups in total. The van der Waals surface area contributed by atoms with Crippen molar-refractivity contribution in [3.63, 3.8) is 0 Å². The summed E-state index contributed by atoms with van der Waals surface area (Å²) in [4.78, 5) is 6.33. The van der Waals surface area contributed by atoms with Crippen LogP contribution in [0.15, 0.2) is 224 Å². The number of thiophene rings is 1. The lowest BCUT2D eigenvalue weighted by molar-refractivity contribution is 0.768. The van der Waals surface area contributed by atoms with Crippen LogP contribution in [0.2, 0.25) is 0 Å². The van der Waals surface area contributed by atoms with Gasteiger partial charge in [-0.05, 0) is 86.3 Å². The lowest BCUT2D eigenvalue weighted by atomic mass is 9.67. The van der Waals surface area contributed by atoms with Gasteiger partial charge in [0.05, 0.1) is 21.3 Å². The molecule has 0 saturated heterocycles. The van der Waals surface area contributed by atoms with Crippen molar-refractivity contribution >= 4 is 81.1 Å². The van der Waals surface area contributed by atoms with Gasteiger partial charge in [-0.2, -0.15) is 0 Å². The van der Waals surface area contributed by atoms with Crippen LogP contribution in [0.1, 0.15) is 22.3 Å². The van der Waals surface area contributed by atoms with Gasteiger partial charge in [0, 0.05) is 48.5 Å². The molecule has 0 fully saturated rings. The minimum absolute atomic E-state index is 0.517. The fourth-order valence-corrected chi connectivity index (χ4v) is 12.0. The Morgan fingerprint density at radius 1 is 0.387 bits per heavy atom. The van der Waals surface area contributed by atoms with Crippen LogP contribution >= 0.6 is 11.3 Å². The Balaban J connectivity index is 1.11. The molecular formula is C59H38N2S. The Morgan fingerprint density at radius 2 is 0.968 bits per heavy atom. The van der Waals surface area contributed by atoms with Crippen molar-refractivity contribution in [3.05, 3.63) is 247 Å². The number of fused-ring (bicyclic) bond motifs is 13. The number of hydrogen-bond acceptors (Lipinski definition) is 2. The zero-order valence-corrected chi connectivity index (χ0v) is 34.5. The lowest BCUT2D eigenvalue weighted by Crippen LogP contribution is -2.28. The van der Waals surface area contributed by atoms with Crippen molar-refractivity contribution < 1.29 is 0 Å². The van der Waals surface area contributed by atoms with Crippen molar-refractivity contribution in [1.82, 2.24) is 4.98 Å². The second-order valence-electron chi connectivity index (χ2n) is 16.4. The number of anilines is 3. The standard InChI is InChI=1S/C59H38N2S/c1-4-17-38(18-5-1)39-31-33-42(34-32-39)61(43-35-36-45-44-23-12-14-28-50(44)59(51(45)37-43,40-19-6-2-7-20-40)41-21-8-3-9-22-41)53-30-16-27-49-54-46-24-10-11-25-47(46)56-55(58(54)62-57(49)53)48-26-13-15-29-52(48)60-56/h1-37,60H. The molecular weight excluding hydrogens is 769 g/mol. The summed E-state index contributed by atoms with van der Waals surface area (Å²) in [7, 11) is 0. The lowest BCUT2D eigenvalue weighted by Gasteiger charge is -2.35. The second-order valence-corrected chi connectivity index (χ2v) is 17.5. The van der Waals surface area contributed by atoms with Gasteiger partial charge in [-0.1, -0.05) is 188 Å². The van der Waals surface area contributed by atoms with Gasteiger partial charge in [0.25, 0.3) is 0 Å². The highest BCUT2D eigenvalue weighted by Crippen LogP contribution is 2.58. The van der Waals surface area contributed by atoms with E-state index in [1.165, 1.54) is 91.7 Å². The highest BCUT2D eigenvalue weighted by molar-refractivity contribution is 7.27. The van der Waals surface area contributed by atoms with E-state index in [4.69, 9.17) is 0 Å². The van der Waals surface area contributed by atoms with E-state index in [0.29, 0.717) is 0 Å². The van der Waals surface area contributed by atoms with E-state index in [1.54, 1.807) is 0 Å². The maximum atomic E-state index is 3.83. The first-order valence-corrected chi connectivity index (χ1v) is 22.2. The number of para-hydroxylation sites is 1. The minimum Gasteiger partial charge on any atom is -0.354 e. The van der Waals surface area contributed by atoms with Crippen LogP contribution in [0.25, 0.3) is 75.0 Å². The van der Waals surface area contributed by atoms with Crippen molar-refractivity contribution in [2.24, 2.45) is 0 Å². The second kappa shape index (κ2) is 13.7. The number of benzene rings is 10. The Labute approximate surface area is 363 Å². The topological polar surface area (TPSA) is 19.0 Å². The van der Waals surface area contributed by atoms with E-state index in [2.05, 4.69) is 234 Å². The van der Waals surface area contributed by atoms with E-state index in [0.717, 1.165) is 22.6 Å². The summed E-state index contributed by atoms with van der Waals surface area (Å²) >= 11 is 1.92. The van der Waals surface area contributed by atoms with E-state index >= 15 is 0 Å². The maximum Gasteiger partial charge on any atom is 0.0714 e. The average Bonchev–Trinajstić information content (AvgIpc) is 4.02. The Morgan fingerprint density at radius 3 is 1.73 bits per heavy atom. The number of hydrogen-bond donors (Lipinski definition) is 1. The van der Waals surface area contributed by atoms with Gasteiger partial charge in [0.15, 0.2) is 0 Å². The Kier molecular flexibility index (Phi) is 7.72. The van der Waals surface area contributed by atoms with Gasteiger partial charge in [-0.25, -0.2) is 0 Å². The molecule has 10 aromatic carbocycles. The summed E-state index contributed by atoms with van der Waals surface area (Å²) in [5.41, 5.74) is 15.3. The SMILES string of the molecule is c1ccc(-c2ccc(N(c3ccc4c(c3)C(c3ccccc3)(c3ccccc3)c3ccccc3-4)c3cccc4c3sc3c4c4ccccc4c4[nH]c5ccccc5c43)cc2)cc1. The first-order valence-electron chi connectivity index (χ1n) is 21.3. The molecule has 290 valence electrons. The van der Waals surface area contributed by atoms with Crippen LogP contribution in [-0.4, -0.2) is 4.98 Å². The molecule has 1 aliphatic rings. The quantitative estimate of drug-likeness (QED) is 0.177. The molecule has 2 aromatic heterocycles. The highest BCUT2D eigenvalue weighted by atomic mass is 32.1. The first kappa shape index (κ1) is 35.1. The molecule has 62 heavy (non-hydrogen) atoms. The van der Waals surface area contributed by atoms with Crippen molar-refractivity contribution in [1.29, 1.82) is 0 Å². The van der Waals surface area contributed by atoms with Gasteiger partial charge in [-0.15, -0.1) is 11.3 Å². The molecule has 2 heterocycles. The number of aromatic nitrogens is 1. The van der Waals surface area contributed by atoms with E-state index < -0.39 is 5.41 Å². The fourth-order valence-electron chi connectivity index (χ4n) is 10.7. The smallest absolute Gasteiger partial charge is 0.0714 e. The number of rotatable bonds is 6. The third-order valence-corrected chi connectivity index (χ3v) is 14.5. The normalized spacial score (nSPS) is 13.0. The molecule has 13 rings (SSSR count). The molecule has 0 atom stereocenters. The molecule has 1 aliphatic carbocycles. The Hall–Kier alpha value is -7.72. The van der Waals surface area contributed by atoms with Gasteiger partial charge in [-0.3, -0.25) is 0 Å². The summed E-state index contributed by atoms with van der Waals surface area (Å²) < 4.78 is 2.58. The van der Waals surface area contributed by atoms with Crippen LogP contribution in [0.4, 0.5) is 17.1 Å². The van der Waals surface area contributed by atoms with Crippen LogP contribution in [0.5, 0.6) is 0 Å². The third-order valence-electron chi connectivity index (χ3n) is 13.3. The molecule has 0 spiro atoms. The molecule has 0 bridgehead atoms. The van der Waals surface area contributed by atoms with Crippen LogP contribution in [0.3, 0.4) is 0 Å². The van der Waals surface area contributed by atoms with Gasteiger partial charge < -0.3 is 9.88 Å². The van der Waals surface area contributed by atoms with E-state index in [9.17, 15) is 0 Å². The predicted octanol–water partition coefficient (Wildman–Crippen LogP) is 16.3. The molecule has 0 amide bonds. The number of nitrogens with one attached hydrogen (secondary N) is 1. The molecule has 0 radical (unpaired) electrons. The van der Waals surface area contributed by atoms with Crippen LogP contribution < -0.4 is 4.90 Å². The molecule has 0 aliphatic heterocycles. The maximum absolute atomic E-state index is 3.83. The molecule has 0 saturated carbocycles. The summed E-state index contributed by atoms with van der Waals surface area (Å²) in [6, 6.07) is 82.8. The predicted molar refractivity (Wildman–Crippen MR) is 264 cm³/mol. The Bertz CT molecular complexity index is 3640. The monoisotopic (exact) mass is 806 g/mol. The third kappa shape index (κ3) is 4.97. The molecule has 0 unspecified atom stereocenters. The van der Waals surface area contributed by atoms with Crippen LogP contribution in [-0.2, 0) is 5.41 Å². The summed E-state index contributed by atoms with van der Waals surface area (Å²) in [6.45, 7) is 0. The van der Waals surface area contributed by atoms with Gasteiger partial charge in [0.1, 0.15) is 0 Å². The molecule has 2 nitrogen and oxygen atoms in total. The first-order chi connectivity index (χ1) is 30.8. The van der Waals surface area contributed by atoms with Gasteiger partial charge >= 0.3 is 0 Å². The minimum atomic E-state index is -0.517. The van der Waals surface area contributed by atoms with E-state index in [1.807, 2.05) is 11.3 Å². The van der Waals surface area contributed by atoms with Crippen molar-refractivity contribution in [3.8, 4) is 22.3 Å². The highest BCUT2D eigenvalue weighted by Gasteiger charge is 2.46.